The first-order chi connectivity index (χ1) is 10.0. The number of nitrogens with one attached hydrogen (secondary N) is 2. The largest absolute Gasteiger partial charge is 0.479 e. The van der Waals surface area contributed by atoms with E-state index in [9.17, 15) is 9.59 Å². The van der Waals surface area contributed by atoms with E-state index in [2.05, 4.69) is 25.8 Å². The minimum absolute atomic E-state index is 0.0749. The van der Waals surface area contributed by atoms with Crippen molar-refractivity contribution in [1.29, 1.82) is 0 Å². The molecule has 1 aromatic heterocycles. The van der Waals surface area contributed by atoms with E-state index in [-0.39, 0.29) is 12.5 Å². The Morgan fingerprint density at radius 2 is 1.90 bits per heavy atom. The monoisotopic (exact) mass is 297 g/mol. The SMILES string of the molecule is CCc1nnc(NC(=O)NCC(OC)C(=O)O)nc1CC. The molecule has 0 aliphatic heterocycles. The van der Waals surface area contributed by atoms with Crippen LogP contribution in [-0.2, 0) is 22.4 Å². The number of carbonyl (C=O) groups is 2. The number of aliphatic carboxylic acids is 1. The maximum absolute atomic E-state index is 11.6. The van der Waals surface area contributed by atoms with Crippen molar-refractivity contribution >= 4 is 17.9 Å². The van der Waals surface area contributed by atoms with Gasteiger partial charge in [-0.2, -0.15) is 0 Å². The standard InChI is InChI=1S/C12H19N5O4/c1-4-7-8(5-2)16-17-11(14-7)15-12(20)13-6-9(21-3)10(18)19/h9H,4-6H2,1-3H3,(H,18,19)(H2,13,14,15,17,20). The van der Waals surface area contributed by atoms with Crippen molar-refractivity contribution in [3.05, 3.63) is 11.4 Å². The Labute approximate surface area is 122 Å². The molecule has 9 heteroatoms. The molecule has 0 aliphatic carbocycles. The lowest BCUT2D eigenvalue weighted by Crippen LogP contribution is -2.40. The summed E-state index contributed by atoms with van der Waals surface area (Å²) in [6, 6.07) is -0.619. The molecule has 1 unspecified atom stereocenters. The Hall–Kier alpha value is -2.29. The Kier molecular flexibility index (Phi) is 6.47. The number of carboxylic acids is 1. The Bertz CT molecular complexity index is 508. The third kappa shape index (κ3) is 4.95. The van der Waals surface area contributed by atoms with Crippen LogP contribution in [0.1, 0.15) is 25.2 Å². The van der Waals surface area contributed by atoms with Crippen LogP contribution in [0.3, 0.4) is 0 Å². The van der Waals surface area contributed by atoms with Gasteiger partial charge in [0.1, 0.15) is 0 Å². The molecule has 1 rings (SSSR count). The summed E-state index contributed by atoms with van der Waals surface area (Å²) < 4.78 is 4.69. The van der Waals surface area contributed by atoms with Gasteiger partial charge in [-0.1, -0.05) is 13.8 Å². The number of methoxy groups -OCH3 is 1. The first-order valence-electron chi connectivity index (χ1n) is 6.54. The molecule has 0 aromatic carbocycles. The zero-order valence-electron chi connectivity index (χ0n) is 12.2. The van der Waals surface area contributed by atoms with Gasteiger partial charge < -0.3 is 15.2 Å². The number of hydrogen-bond acceptors (Lipinski definition) is 6. The maximum atomic E-state index is 11.6. The van der Waals surface area contributed by atoms with Gasteiger partial charge in [-0.05, 0) is 12.8 Å². The van der Waals surface area contributed by atoms with Crippen molar-refractivity contribution in [2.45, 2.75) is 32.8 Å². The fourth-order valence-electron chi connectivity index (χ4n) is 1.59. The summed E-state index contributed by atoms with van der Waals surface area (Å²) in [5, 5.41) is 21.3. The number of amides is 2. The van der Waals surface area contributed by atoms with Gasteiger partial charge in [0.15, 0.2) is 6.10 Å². The van der Waals surface area contributed by atoms with E-state index in [1.165, 1.54) is 7.11 Å². The van der Waals surface area contributed by atoms with E-state index in [1.807, 2.05) is 13.8 Å². The molecule has 0 radical (unpaired) electrons. The van der Waals surface area contributed by atoms with E-state index in [4.69, 9.17) is 9.84 Å². The minimum atomic E-state index is -1.16. The topological polar surface area (TPSA) is 126 Å². The van der Waals surface area contributed by atoms with Gasteiger partial charge in [0, 0.05) is 7.11 Å². The summed E-state index contributed by atoms with van der Waals surface area (Å²) in [5.74, 6) is -1.08. The zero-order valence-corrected chi connectivity index (χ0v) is 12.2. The number of nitrogens with zero attached hydrogens (tertiary/aromatic N) is 3. The highest BCUT2D eigenvalue weighted by Gasteiger charge is 2.17. The highest BCUT2D eigenvalue weighted by Crippen LogP contribution is 2.06. The van der Waals surface area contributed by atoms with Gasteiger partial charge >= 0.3 is 12.0 Å². The van der Waals surface area contributed by atoms with Crippen LogP contribution in [0.2, 0.25) is 0 Å². The quantitative estimate of drug-likeness (QED) is 0.657. The number of urea groups is 1. The second-order valence-corrected chi connectivity index (χ2v) is 4.13. The van der Waals surface area contributed by atoms with Crippen LogP contribution < -0.4 is 10.6 Å². The van der Waals surface area contributed by atoms with Gasteiger partial charge in [0.05, 0.1) is 17.9 Å². The van der Waals surface area contributed by atoms with Crippen LogP contribution in [0.15, 0.2) is 0 Å². The summed E-state index contributed by atoms with van der Waals surface area (Å²) >= 11 is 0. The number of aryl methyl sites for hydroxylation is 2. The first-order valence-corrected chi connectivity index (χ1v) is 6.54. The number of ether oxygens (including phenoxy) is 1. The molecular formula is C12H19N5O4. The van der Waals surface area contributed by atoms with Crippen molar-refractivity contribution in [1.82, 2.24) is 20.5 Å². The van der Waals surface area contributed by atoms with E-state index in [0.29, 0.717) is 12.8 Å². The molecule has 0 saturated heterocycles. The van der Waals surface area contributed by atoms with Gasteiger partial charge in [-0.15, -0.1) is 10.2 Å². The third-order valence-corrected chi connectivity index (χ3v) is 2.74. The molecule has 0 fully saturated rings. The lowest BCUT2D eigenvalue weighted by atomic mass is 10.2. The molecule has 1 atom stereocenters. The van der Waals surface area contributed by atoms with Gasteiger partial charge in [-0.25, -0.2) is 14.6 Å². The molecule has 1 aromatic rings. The third-order valence-electron chi connectivity index (χ3n) is 2.74. The molecule has 2 amide bonds. The summed E-state index contributed by atoms with van der Waals surface area (Å²) in [4.78, 5) is 26.5. The van der Waals surface area contributed by atoms with Crippen LogP contribution in [0.5, 0.6) is 0 Å². The lowest BCUT2D eigenvalue weighted by molar-refractivity contribution is -0.147. The second-order valence-electron chi connectivity index (χ2n) is 4.13. The summed E-state index contributed by atoms with van der Waals surface area (Å²) in [6.07, 6.45) is 0.284. The molecule has 0 saturated carbocycles. The molecule has 3 N–H and O–H groups in total. The minimum Gasteiger partial charge on any atom is -0.479 e. The predicted molar refractivity (Wildman–Crippen MR) is 74.0 cm³/mol. The molecule has 116 valence electrons. The van der Waals surface area contributed by atoms with Gasteiger partial charge in [0.2, 0.25) is 0 Å². The Morgan fingerprint density at radius 1 is 1.24 bits per heavy atom. The Morgan fingerprint density at radius 3 is 2.43 bits per heavy atom. The van der Waals surface area contributed by atoms with Crippen LogP contribution in [-0.4, -0.2) is 52.0 Å². The number of hydrogen-bond donors (Lipinski definition) is 3. The van der Waals surface area contributed by atoms with E-state index in [1.54, 1.807) is 0 Å². The van der Waals surface area contributed by atoms with Crippen molar-refractivity contribution in [2.24, 2.45) is 0 Å². The molecule has 0 spiro atoms. The number of aromatic nitrogens is 3. The fourth-order valence-corrected chi connectivity index (χ4v) is 1.59. The summed E-state index contributed by atoms with van der Waals surface area (Å²) in [6.45, 7) is 3.71. The van der Waals surface area contributed by atoms with Crippen LogP contribution in [0, 0.1) is 0 Å². The molecule has 0 aliphatic rings. The predicted octanol–water partition coefficient (Wildman–Crippen LogP) is 0.217. The molecule has 21 heavy (non-hydrogen) atoms. The average molecular weight is 297 g/mol. The molecular weight excluding hydrogens is 278 g/mol. The zero-order chi connectivity index (χ0) is 15.8. The maximum Gasteiger partial charge on any atom is 0.334 e. The van der Waals surface area contributed by atoms with Crippen LogP contribution in [0.25, 0.3) is 0 Å². The Balaban J connectivity index is 2.60. The van der Waals surface area contributed by atoms with Crippen molar-refractivity contribution in [3.8, 4) is 0 Å². The smallest absolute Gasteiger partial charge is 0.334 e. The van der Waals surface area contributed by atoms with E-state index >= 15 is 0 Å². The normalized spacial score (nSPS) is 11.8. The van der Waals surface area contributed by atoms with E-state index < -0.39 is 18.1 Å². The number of rotatable bonds is 7. The number of carboxylic acid groups (broad SMARTS) is 1. The number of anilines is 1. The fraction of sp³-hybridized carbons (Fsp3) is 0.583. The average Bonchev–Trinajstić information content (AvgIpc) is 2.47. The van der Waals surface area contributed by atoms with E-state index in [0.717, 1.165) is 11.4 Å². The highest BCUT2D eigenvalue weighted by atomic mass is 16.5. The van der Waals surface area contributed by atoms with Crippen molar-refractivity contribution in [2.75, 3.05) is 19.0 Å². The lowest BCUT2D eigenvalue weighted by Gasteiger charge is -2.12. The highest BCUT2D eigenvalue weighted by molar-refractivity contribution is 5.87. The van der Waals surface area contributed by atoms with Crippen LogP contribution >= 0.6 is 0 Å². The van der Waals surface area contributed by atoms with Gasteiger partial charge in [0.25, 0.3) is 5.95 Å². The summed E-state index contributed by atoms with van der Waals surface area (Å²) in [7, 11) is 1.25. The number of carbonyl (C=O) groups excluding carboxylic acids is 1. The van der Waals surface area contributed by atoms with Crippen LogP contribution in [0.4, 0.5) is 10.7 Å². The van der Waals surface area contributed by atoms with Crippen molar-refractivity contribution < 1.29 is 19.4 Å². The van der Waals surface area contributed by atoms with Gasteiger partial charge in [-0.3, -0.25) is 5.32 Å². The molecule has 0 bridgehead atoms. The second kappa shape index (κ2) is 8.10. The molecule has 1 heterocycles. The first kappa shape index (κ1) is 16.8. The molecule has 9 nitrogen and oxygen atoms in total. The van der Waals surface area contributed by atoms with Crippen molar-refractivity contribution in [3.63, 3.8) is 0 Å². The summed E-state index contributed by atoms with van der Waals surface area (Å²) in [5.41, 5.74) is 1.55.